The Balaban J connectivity index is 0.558. The van der Waals surface area contributed by atoms with Crippen LogP contribution in [0.4, 0.5) is 11.4 Å². The van der Waals surface area contributed by atoms with Gasteiger partial charge in [-0.1, -0.05) is 57.8 Å². The normalized spacial score (nSPS) is 15.5. The average Bonchev–Trinajstić information content (AvgIpc) is 1.59. The van der Waals surface area contributed by atoms with Gasteiger partial charge in [-0.15, -0.1) is 10.2 Å². The van der Waals surface area contributed by atoms with Gasteiger partial charge in [-0.2, -0.15) is 10.2 Å². The SMILES string of the molecule is COC(=O)c1cc2cc(c1)OCCOCCOCCOCCOc1ccc(cc1)C#Cc1ccc(cc1)C#Cc1ccc(cc1)OCCOCCOCCOCCn1cc(nn1)-c1cc(ccc1C(=O)OC)N=Nc1ccc(C(=O)OC)c(c1)-c1cn(nn1)CCOCCOCCOCCOc1ccc(cc1)C#Cc1ccc(cc1)C#Cc1ccc(cc1)OCCOCCOCCOCCO2. The summed E-state index contributed by atoms with van der Waals surface area (Å²) in [6.45, 7) is 11.4. The number of carbonyl (C=O) groups is 3. The van der Waals surface area contributed by atoms with Crippen molar-refractivity contribution >= 4 is 29.3 Å². The summed E-state index contributed by atoms with van der Waals surface area (Å²) in [5.41, 5.74) is 10.0. The summed E-state index contributed by atoms with van der Waals surface area (Å²) in [6.07, 6.45) is 3.40. The minimum absolute atomic E-state index is 0.227. The van der Waals surface area contributed by atoms with Crippen LogP contribution in [0.15, 0.2) is 223 Å². The Morgan fingerprint density at radius 2 is 0.471 bits per heavy atom. The third kappa shape index (κ3) is 36.7. The molecule has 2 aromatic heterocycles. The third-order valence-electron chi connectivity index (χ3n) is 19.5. The summed E-state index contributed by atoms with van der Waals surface area (Å²) >= 11 is 0. The fourth-order valence-electron chi connectivity index (χ4n) is 12.5. The van der Waals surface area contributed by atoms with Crippen LogP contribution in [0.3, 0.4) is 0 Å². The number of hydrogen-bond donors (Lipinski definition) is 0. The largest absolute Gasteiger partial charge is 0.491 e. The maximum Gasteiger partial charge on any atom is 0.338 e. The molecule has 0 fully saturated rings. The number of aromatic nitrogens is 6. The molecule has 0 aliphatic carbocycles. The van der Waals surface area contributed by atoms with E-state index >= 15 is 0 Å². The van der Waals surface area contributed by atoms with Crippen LogP contribution in [0.5, 0.6) is 34.5 Å². The summed E-state index contributed by atoms with van der Waals surface area (Å²) < 4.78 is 122. The molecular formula is C104H108N8O24. The van der Waals surface area contributed by atoms with Gasteiger partial charge in [0.25, 0.3) is 0 Å². The van der Waals surface area contributed by atoms with E-state index in [1.54, 1.807) is 76.4 Å². The zero-order valence-corrected chi connectivity index (χ0v) is 76.2. The predicted molar refractivity (Wildman–Crippen MR) is 501 cm³/mol. The van der Waals surface area contributed by atoms with E-state index in [2.05, 4.69) is 78.2 Å². The minimum Gasteiger partial charge on any atom is -0.491 e. The molecule has 11 heterocycles. The zero-order valence-electron chi connectivity index (χ0n) is 76.2. The van der Waals surface area contributed by atoms with Gasteiger partial charge in [0.05, 0.1) is 233 Å². The zero-order chi connectivity index (χ0) is 94.3. The van der Waals surface area contributed by atoms with E-state index < -0.39 is 17.9 Å². The number of ether oxygens (including phenoxy) is 21. The van der Waals surface area contributed by atoms with Crippen molar-refractivity contribution in [1.29, 1.82) is 0 Å². The van der Waals surface area contributed by atoms with Crippen LogP contribution >= 0.6 is 0 Å². The molecule has 9 aromatic carbocycles. The average molecular weight is 1850 g/mol. The van der Waals surface area contributed by atoms with E-state index in [0.29, 0.717) is 266 Å². The molecule has 0 N–H and O–H groups in total. The van der Waals surface area contributed by atoms with Crippen LogP contribution in [-0.2, 0) is 84.1 Å². The smallest absolute Gasteiger partial charge is 0.338 e. The highest BCUT2D eigenvalue weighted by atomic mass is 16.6. The Morgan fingerprint density at radius 1 is 0.250 bits per heavy atom. The van der Waals surface area contributed by atoms with Crippen molar-refractivity contribution in [2.24, 2.45) is 10.2 Å². The van der Waals surface area contributed by atoms with Gasteiger partial charge in [-0.3, -0.25) is 0 Å². The van der Waals surface area contributed by atoms with E-state index in [-0.39, 0.29) is 29.9 Å². The molecule has 0 saturated carbocycles. The van der Waals surface area contributed by atoms with Gasteiger partial charge >= 0.3 is 17.9 Å². The van der Waals surface area contributed by atoms with Crippen molar-refractivity contribution in [2.45, 2.75) is 13.1 Å². The molecule has 11 aromatic rings. The van der Waals surface area contributed by atoms with Crippen molar-refractivity contribution < 1.29 is 114 Å². The maximum atomic E-state index is 13.0. The van der Waals surface area contributed by atoms with E-state index in [9.17, 15) is 14.4 Å². The topological polar surface area (TPSA) is 331 Å². The van der Waals surface area contributed by atoms with Crippen LogP contribution in [0, 0.1) is 47.4 Å². The summed E-state index contributed by atoms with van der Waals surface area (Å²) in [6, 6.07) is 60.5. The highest BCUT2D eigenvalue weighted by Gasteiger charge is 2.21. The van der Waals surface area contributed by atoms with Gasteiger partial charge < -0.3 is 99.5 Å². The molecule has 0 amide bonds. The number of esters is 3. The molecule has 708 valence electrons. The lowest BCUT2D eigenvalue weighted by atomic mass is 10.0. The number of nitrogens with zero attached hydrogens (tertiary/aromatic N) is 8. The van der Waals surface area contributed by atoms with E-state index in [4.69, 9.17) is 99.5 Å². The van der Waals surface area contributed by atoms with Crippen molar-refractivity contribution in [3.8, 4) is 104 Å². The Labute approximate surface area is 790 Å². The first-order chi connectivity index (χ1) is 67.0. The number of rotatable bonds is 3. The van der Waals surface area contributed by atoms with Crippen molar-refractivity contribution in [2.75, 3.05) is 220 Å². The Hall–Kier alpha value is -14.2. The fourth-order valence-corrected chi connectivity index (χ4v) is 12.5. The molecule has 22 bridgehead atoms. The third-order valence-corrected chi connectivity index (χ3v) is 19.5. The van der Waals surface area contributed by atoms with E-state index in [0.717, 1.165) is 44.5 Å². The molecule has 20 rings (SSSR count). The van der Waals surface area contributed by atoms with Gasteiger partial charge in [0.15, 0.2) is 0 Å². The number of benzene rings is 9. The standard InChI is InChI=1S/C104H108N8O24/c1-116-102(113)87-72-94-76-95(73-87)136-71-65-130-59-53-124-51-57-128-63-69-134-93-36-26-86(27-37-93)19-15-82-10-6-80(7-11-82)13-17-84-22-32-91(33-23-84)132-67-61-126-55-49-122-47-45-120-43-41-112-78-101(108-110-112)99-75-89(29-39-97(99)104(115)118-3)106-105-88-28-38-96(103(114)117-2)98(74-88)100-77-111(109-107-100)40-42-119-44-46-121-48-54-125-60-66-131-90-30-20-83(21-31-90)16-12-79-4-8-81(9-5-79)14-18-85-24-34-92(35-25-85)133-68-62-127-56-50-123-52-58-129-64-70-135-94/h4-11,20-39,72-78H,40-71H2,1-3H3. The monoisotopic (exact) mass is 1850 g/mol. The Kier molecular flexibility index (Phi) is 43.6. The first-order valence-electron chi connectivity index (χ1n) is 44.3. The Morgan fingerprint density at radius 3 is 0.713 bits per heavy atom. The van der Waals surface area contributed by atoms with E-state index in [1.165, 1.54) is 21.3 Å². The second-order valence-electron chi connectivity index (χ2n) is 29.3. The molecule has 9 aliphatic rings. The summed E-state index contributed by atoms with van der Waals surface area (Å²) in [5.74, 6) is 27.7. The van der Waals surface area contributed by atoms with Gasteiger partial charge in [0, 0.05) is 61.7 Å². The number of azo groups is 1. The molecule has 0 radical (unpaired) electrons. The first kappa shape index (κ1) is 101. The lowest BCUT2D eigenvalue weighted by molar-refractivity contribution is 0.00465. The second kappa shape index (κ2) is 58.8. The highest BCUT2D eigenvalue weighted by Crippen LogP contribution is 2.33. The maximum absolute atomic E-state index is 13.0. The first-order valence-corrected chi connectivity index (χ1v) is 44.3. The second-order valence-corrected chi connectivity index (χ2v) is 29.3. The van der Waals surface area contributed by atoms with Gasteiger partial charge in [-0.05, 0) is 194 Å². The van der Waals surface area contributed by atoms with Gasteiger partial charge in [-0.25, -0.2) is 23.7 Å². The molecule has 136 heavy (non-hydrogen) atoms. The molecule has 9 aliphatic heterocycles. The van der Waals surface area contributed by atoms with Crippen LogP contribution < -0.4 is 28.4 Å². The lowest BCUT2D eigenvalue weighted by Gasteiger charge is -2.12. The summed E-state index contributed by atoms with van der Waals surface area (Å²) in [7, 11) is 3.90. The lowest BCUT2D eigenvalue weighted by Crippen LogP contribution is -2.15. The van der Waals surface area contributed by atoms with Crippen LogP contribution in [0.25, 0.3) is 22.5 Å². The number of fused-ring (bicyclic) bond motifs is 2. The summed E-state index contributed by atoms with van der Waals surface area (Å²) in [4.78, 5) is 38.5. The molecule has 0 spiro atoms. The highest BCUT2D eigenvalue weighted by molar-refractivity contribution is 5.98. The quantitative estimate of drug-likeness (QED) is 0.0901. The molecule has 32 heteroatoms. The van der Waals surface area contributed by atoms with Crippen molar-refractivity contribution in [3.63, 3.8) is 0 Å². The molecule has 0 saturated heterocycles. The van der Waals surface area contributed by atoms with Crippen molar-refractivity contribution in [3.05, 3.63) is 274 Å². The van der Waals surface area contributed by atoms with Crippen LogP contribution in [-0.4, -0.2) is 267 Å². The van der Waals surface area contributed by atoms with Crippen LogP contribution in [0.1, 0.15) is 75.6 Å². The molecule has 0 unspecified atom stereocenters. The molecule has 32 nitrogen and oxygen atoms in total. The number of methoxy groups -OCH3 is 3. The summed E-state index contributed by atoms with van der Waals surface area (Å²) in [5, 5.41) is 26.2. The molecule has 0 atom stereocenters. The number of carbonyl (C=O) groups excluding carboxylic acids is 3. The van der Waals surface area contributed by atoms with Gasteiger partial charge in [0.1, 0.15) is 85.5 Å². The van der Waals surface area contributed by atoms with Crippen LogP contribution in [0.2, 0.25) is 0 Å². The molecular weight excluding hydrogens is 1750 g/mol. The predicted octanol–water partition coefficient (Wildman–Crippen LogP) is 13.2. The van der Waals surface area contributed by atoms with Crippen molar-refractivity contribution in [1.82, 2.24) is 30.0 Å². The van der Waals surface area contributed by atoms with Gasteiger partial charge in [0.2, 0.25) is 0 Å². The number of hydrogen-bond acceptors (Lipinski definition) is 30. The van der Waals surface area contributed by atoms with E-state index in [1.807, 2.05) is 146 Å². The fraction of sp³-hybridized carbons (Fsp3) is 0.337. The Bertz CT molecular complexity index is 5450. The minimum atomic E-state index is -0.577.